The molecule has 0 bridgehead atoms. The van der Waals surface area contributed by atoms with Gasteiger partial charge < -0.3 is 0 Å². The topological polar surface area (TPSA) is 46.2 Å². The zero-order valence-corrected chi connectivity index (χ0v) is 10.2. The summed E-state index contributed by atoms with van der Waals surface area (Å²) in [6.45, 7) is 0.340. The summed E-state index contributed by atoms with van der Waals surface area (Å²) in [6.07, 6.45) is 1.44. The van der Waals surface area contributed by atoms with Crippen molar-refractivity contribution in [1.29, 1.82) is 0 Å². The van der Waals surface area contributed by atoms with Crippen molar-refractivity contribution < 1.29 is 12.8 Å². The Labute approximate surface area is 99.7 Å². The molecule has 0 radical (unpaired) electrons. The Morgan fingerprint density at radius 2 is 1.81 bits per heavy atom. The average molecular weight is 266 g/mol. The van der Waals surface area contributed by atoms with Crippen LogP contribution in [0.15, 0.2) is 29.2 Å². The molecule has 0 saturated carbocycles. The number of benzene rings is 1. The van der Waals surface area contributed by atoms with Crippen LogP contribution in [0.3, 0.4) is 0 Å². The Kier molecular flexibility index (Phi) is 5.18. The molecule has 0 amide bonds. The van der Waals surface area contributed by atoms with Crippen LogP contribution in [0.1, 0.15) is 12.8 Å². The fourth-order valence-electron chi connectivity index (χ4n) is 1.12. The fraction of sp³-hybridized carbons (Fsp3) is 0.400. The molecule has 1 N–H and O–H groups in total. The van der Waals surface area contributed by atoms with Crippen molar-refractivity contribution in [2.24, 2.45) is 0 Å². The Bertz CT molecular complexity index is 419. The minimum Gasteiger partial charge on any atom is -0.211 e. The number of sulfonamides is 1. The third kappa shape index (κ3) is 4.08. The van der Waals surface area contributed by atoms with E-state index in [1.54, 1.807) is 0 Å². The number of nitrogens with one attached hydrogen (secondary N) is 1. The van der Waals surface area contributed by atoms with E-state index in [2.05, 4.69) is 4.72 Å². The van der Waals surface area contributed by atoms with Crippen LogP contribution in [0.2, 0.25) is 0 Å². The van der Waals surface area contributed by atoms with Crippen LogP contribution in [0.25, 0.3) is 0 Å². The highest BCUT2D eigenvalue weighted by Crippen LogP contribution is 2.09. The van der Waals surface area contributed by atoms with Crippen molar-refractivity contribution >= 4 is 21.6 Å². The Morgan fingerprint density at radius 3 is 2.38 bits per heavy atom. The highest BCUT2D eigenvalue weighted by Gasteiger charge is 2.12. The van der Waals surface area contributed by atoms with E-state index >= 15 is 0 Å². The molecule has 0 heterocycles. The monoisotopic (exact) mass is 265 g/mol. The molecule has 16 heavy (non-hydrogen) atoms. The van der Waals surface area contributed by atoms with E-state index in [1.807, 2.05) is 0 Å². The molecule has 0 aliphatic heterocycles. The first-order valence-corrected chi connectivity index (χ1v) is 6.89. The van der Waals surface area contributed by atoms with E-state index in [0.717, 1.165) is 18.6 Å². The first-order chi connectivity index (χ1) is 7.56. The summed E-state index contributed by atoms with van der Waals surface area (Å²) in [6, 6.07) is 4.71. The third-order valence-corrected chi connectivity index (χ3v) is 3.72. The molecule has 0 aliphatic rings. The van der Waals surface area contributed by atoms with Gasteiger partial charge in [0.25, 0.3) is 0 Å². The van der Waals surface area contributed by atoms with E-state index in [4.69, 9.17) is 11.6 Å². The van der Waals surface area contributed by atoms with Gasteiger partial charge in [-0.1, -0.05) is 0 Å². The SMILES string of the molecule is O=S(=O)(NCCCCCl)c1ccc(F)cc1. The van der Waals surface area contributed by atoms with Crippen LogP contribution < -0.4 is 4.72 Å². The van der Waals surface area contributed by atoms with E-state index in [0.29, 0.717) is 18.8 Å². The molecular formula is C10H13ClFNO2S. The van der Waals surface area contributed by atoms with Gasteiger partial charge in [0.1, 0.15) is 5.82 Å². The zero-order valence-electron chi connectivity index (χ0n) is 8.62. The lowest BCUT2D eigenvalue weighted by molar-refractivity contribution is 0.577. The second-order valence-corrected chi connectivity index (χ2v) is 5.39. The van der Waals surface area contributed by atoms with Crippen LogP contribution in [0.5, 0.6) is 0 Å². The molecule has 3 nitrogen and oxygen atoms in total. The van der Waals surface area contributed by atoms with Gasteiger partial charge in [-0.15, -0.1) is 11.6 Å². The number of halogens is 2. The molecule has 0 atom stereocenters. The number of hydrogen-bond acceptors (Lipinski definition) is 2. The van der Waals surface area contributed by atoms with E-state index in [-0.39, 0.29) is 4.90 Å². The maximum atomic E-state index is 12.6. The van der Waals surface area contributed by atoms with Gasteiger partial charge in [-0.2, -0.15) is 0 Å². The fourth-order valence-corrected chi connectivity index (χ4v) is 2.39. The van der Waals surface area contributed by atoms with Crippen LogP contribution >= 0.6 is 11.6 Å². The summed E-state index contributed by atoms with van der Waals surface area (Å²) in [4.78, 5) is 0.0692. The van der Waals surface area contributed by atoms with Gasteiger partial charge in [-0.25, -0.2) is 17.5 Å². The Morgan fingerprint density at radius 1 is 1.19 bits per heavy atom. The van der Waals surface area contributed by atoms with Gasteiger partial charge in [-0.05, 0) is 37.1 Å². The van der Waals surface area contributed by atoms with Gasteiger partial charge >= 0.3 is 0 Å². The predicted octanol–water partition coefficient (Wildman–Crippen LogP) is 2.12. The van der Waals surface area contributed by atoms with Crippen LogP contribution in [0, 0.1) is 5.82 Å². The summed E-state index contributed by atoms with van der Waals surface area (Å²) in [5, 5.41) is 0. The molecule has 0 spiro atoms. The molecule has 90 valence electrons. The van der Waals surface area contributed by atoms with Crippen molar-refractivity contribution in [2.75, 3.05) is 12.4 Å². The zero-order chi connectivity index (χ0) is 12.0. The summed E-state index contributed by atoms with van der Waals surface area (Å²) < 4.78 is 38.3. The van der Waals surface area contributed by atoms with Crippen LogP contribution in [-0.2, 0) is 10.0 Å². The van der Waals surface area contributed by atoms with Crippen LogP contribution in [-0.4, -0.2) is 20.8 Å². The molecule has 1 aromatic rings. The van der Waals surface area contributed by atoms with Gasteiger partial charge in [0.2, 0.25) is 10.0 Å². The van der Waals surface area contributed by atoms with E-state index in [9.17, 15) is 12.8 Å². The van der Waals surface area contributed by atoms with Gasteiger partial charge in [0.15, 0.2) is 0 Å². The molecule has 1 rings (SSSR count). The Hall–Kier alpha value is -0.650. The summed E-state index contributed by atoms with van der Waals surface area (Å²) in [5.74, 6) is 0.0549. The lowest BCUT2D eigenvalue weighted by Crippen LogP contribution is -2.24. The third-order valence-electron chi connectivity index (χ3n) is 1.98. The second-order valence-electron chi connectivity index (χ2n) is 3.25. The number of alkyl halides is 1. The van der Waals surface area contributed by atoms with Crippen molar-refractivity contribution in [3.05, 3.63) is 30.1 Å². The Balaban J connectivity index is 2.60. The van der Waals surface area contributed by atoms with Crippen molar-refractivity contribution in [2.45, 2.75) is 17.7 Å². The lowest BCUT2D eigenvalue weighted by Gasteiger charge is -2.05. The van der Waals surface area contributed by atoms with Crippen molar-refractivity contribution in [3.63, 3.8) is 0 Å². The molecule has 1 aromatic carbocycles. The average Bonchev–Trinajstić information content (AvgIpc) is 2.25. The first-order valence-electron chi connectivity index (χ1n) is 4.87. The largest absolute Gasteiger partial charge is 0.240 e. The van der Waals surface area contributed by atoms with Crippen molar-refractivity contribution in [3.8, 4) is 0 Å². The van der Waals surface area contributed by atoms with Gasteiger partial charge in [0.05, 0.1) is 4.90 Å². The second kappa shape index (κ2) is 6.18. The quantitative estimate of drug-likeness (QED) is 0.633. The van der Waals surface area contributed by atoms with Crippen molar-refractivity contribution in [1.82, 2.24) is 4.72 Å². The highest BCUT2D eigenvalue weighted by atomic mass is 35.5. The summed E-state index contributed by atoms with van der Waals surface area (Å²) in [5.41, 5.74) is 0. The number of rotatable bonds is 6. The highest BCUT2D eigenvalue weighted by molar-refractivity contribution is 7.89. The molecule has 0 saturated heterocycles. The standard InChI is InChI=1S/C10H13ClFNO2S/c11-7-1-2-8-13-16(14,15)10-5-3-9(12)4-6-10/h3-6,13H,1-2,7-8H2. The lowest BCUT2D eigenvalue weighted by atomic mass is 10.3. The van der Waals surface area contributed by atoms with E-state index in [1.165, 1.54) is 12.1 Å². The molecular weight excluding hydrogens is 253 g/mol. The minimum absolute atomic E-state index is 0.0692. The smallest absolute Gasteiger partial charge is 0.211 e. The molecule has 0 aliphatic carbocycles. The van der Waals surface area contributed by atoms with Gasteiger partial charge in [0, 0.05) is 12.4 Å². The van der Waals surface area contributed by atoms with E-state index < -0.39 is 15.8 Å². The molecule has 6 heteroatoms. The number of unbranched alkanes of at least 4 members (excludes halogenated alkanes) is 1. The molecule has 0 unspecified atom stereocenters. The molecule has 0 fully saturated rings. The molecule has 0 aromatic heterocycles. The maximum Gasteiger partial charge on any atom is 0.240 e. The maximum absolute atomic E-state index is 12.6. The normalized spacial score (nSPS) is 11.6. The summed E-state index contributed by atoms with van der Waals surface area (Å²) >= 11 is 5.47. The predicted molar refractivity (Wildman–Crippen MR) is 61.5 cm³/mol. The first kappa shape index (κ1) is 13.4. The number of hydrogen-bond donors (Lipinski definition) is 1. The van der Waals surface area contributed by atoms with Crippen LogP contribution in [0.4, 0.5) is 4.39 Å². The summed E-state index contributed by atoms with van der Waals surface area (Å²) in [7, 11) is -3.52. The van der Waals surface area contributed by atoms with Gasteiger partial charge in [-0.3, -0.25) is 0 Å². The minimum atomic E-state index is -3.52.